The zero-order valence-corrected chi connectivity index (χ0v) is 8.75. The fourth-order valence-corrected chi connectivity index (χ4v) is 2.02. The van der Waals surface area contributed by atoms with Crippen molar-refractivity contribution in [2.45, 2.75) is 25.8 Å². The third-order valence-corrected chi connectivity index (χ3v) is 3.22. The van der Waals surface area contributed by atoms with E-state index in [1.807, 2.05) is 19.3 Å². The third kappa shape index (κ3) is 1.48. The molecule has 0 amide bonds. The second kappa shape index (κ2) is 3.24. The quantitative estimate of drug-likeness (QED) is 0.765. The Balaban J connectivity index is 2.32. The average molecular weight is 191 g/mol. The van der Waals surface area contributed by atoms with Gasteiger partial charge in [-0.25, -0.2) is 0 Å². The molecule has 3 N–H and O–H groups in total. The van der Waals surface area contributed by atoms with Gasteiger partial charge in [-0.2, -0.15) is 0 Å². The van der Waals surface area contributed by atoms with E-state index < -0.39 is 0 Å². The first kappa shape index (κ1) is 9.46. The lowest BCUT2D eigenvalue weighted by Crippen LogP contribution is -2.25. The largest absolute Gasteiger partial charge is 0.398 e. The molecule has 1 unspecified atom stereocenters. The van der Waals surface area contributed by atoms with Crippen LogP contribution in [0.5, 0.6) is 0 Å². The molecular formula is C11H17N3. The summed E-state index contributed by atoms with van der Waals surface area (Å²) in [5.74, 6) is 0. The maximum absolute atomic E-state index is 5.94. The van der Waals surface area contributed by atoms with E-state index in [1.54, 1.807) is 6.20 Å². The van der Waals surface area contributed by atoms with Crippen LogP contribution < -0.4 is 11.1 Å². The highest BCUT2D eigenvalue weighted by Crippen LogP contribution is 2.54. The Morgan fingerprint density at radius 1 is 1.57 bits per heavy atom. The topological polar surface area (TPSA) is 50.9 Å². The molecule has 76 valence electrons. The van der Waals surface area contributed by atoms with Gasteiger partial charge in [-0.15, -0.1) is 0 Å². The highest BCUT2D eigenvalue weighted by molar-refractivity contribution is 5.47. The monoisotopic (exact) mass is 191 g/mol. The number of aromatic nitrogens is 1. The van der Waals surface area contributed by atoms with Crippen LogP contribution in [0.4, 0.5) is 5.69 Å². The molecule has 14 heavy (non-hydrogen) atoms. The van der Waals surface area contributed by atoms with Crippen molar-refractivity contribution in [1.82, 2.24) is 10.3 Å². The lowest BCUT2D eigenvalue weighted by atomic mass is 9.92. The summed E-state index contributed by atoms with van der Waals surface area (Å²) < 4.78 is 0. The smallest absolute Gasteiger partial charge is 0.0408 e. The first-order chi connectivity index (χ1) is 6.67. The summed E-state index contributed by atoms with van der Waals surface area (Å²) in [7, 11) is 1.99. The van der Waals surface area contributed by atoms with Crippen molar-refractivity contribution >= 4 is 5.69 Å². The molecule has 2 rings (SSSR count). The van der Waals surface area contributed by atoms with Crippen molar-refractivity contribution in [3.8, 4) is 0 Å². The van der Waals surface area contributed by atoms with E-state index in [4.69, 9.17) is 5.73 Å². The van der Waals surface area contributed by atoms with Gasteiger partial charge in [0, 0.05) is 29.7 Å². The first-order valence-electron chi connectivity index (χ1n) is 5.04. The molecule has 1 aromatic heterocycles. The van der Waals surface area contributed by atoms with Gasteiger partial charge in [0.05, 0.1) is 0 Å². The molecule has 1 fully saturated rings. The second-order valence-corrected chi connectivity index (χ2v) is 4.38. The van der Waals surface area contributed by atoms with Crippen LogP contribution in [-0.2, 0) is 0 Å². The molecule has 0 aromatic carbocycles. The number of nitrogens with zero attached hydrogens (tertiary/aromatic N) is 1. The van der Waals surface area contributed by atoms with E-state index in [2.05, 4.69) is 17.2 Å². The molecule has 0 spiro atoms. The number of hydrogen-bond acceptors (Lipinski definition) is 3. The molecule has 1 atom stereocenters. The number of pyridine rings is 1. The van der Waals surface area contributed by atoms with Crippen LogP contribution in [0, 0.1) is 5.41 Å². The van der Waals surface area contributed by atoms with Crippen LogP contribution in [0.2, 0.25) is 0 Å². The second-order valence-electron chi connectivity index (χ2n) is 4.38. The fraction of sp³-hybridized carbons (Fsp3) is 0.545. The van der Waals surface area contributed by atoms with Crippen LogP contribution in [0.25, 0.3) is 0 Å². The number of rotatable bonds is 3. The Morgan fingerprint density at radius 2 is 2.29 bits per heavy atom. The zero-order valence-electron chi connectivity index (χ0n) is 8.75. The highest BCUT2D eigenvalue weighted by Gasteiger charge is 2.45. The number of nitrogens with one attached hydrogen (secondary N) is 1. The van der Waals surface area contributed by atoms with Crippen molar-refractivity contribution in [2.75, 3.05) is 12.8 Å². The van der Waals surface area contributed by atoms with E-state index in [0.29, 0.717) is 11.5 Å². The highest BCUT2D eigenvalue weighted by atomic mass is 14.9. The Bertz CT molecular complexity index is 331. The van der Waals surface area contributed by atoms with Gasteiger partial charge in [0.1, 0.15) is 0 Å². The standard InChI is InChI=1S/C11H17N3/c1-11(4-5-11)10(13-2)8-7-14-6-3-9(8)12/h3,6-7,10,13H,4-5H2,1-2H3,(H2,12,14). The molecule has 1 heterocycles. The van der Waals surface area contributed by atoms with E-state index in [-0.39, 0.29) is 0 Å². The zero-order chi connectivity index (χ0) is 10.2. The predicted molar refractivity (Wildman–Crippen MR) is 57.8 cm³/mol. The molecule has 0 radical (unpaired) electrons. The van der Waals surface area contributed by atoms with Gasteiger partial charge >= 0.3 is 0 Å². The van der Waals surface area contributed by atoms with Gasteiger partial charge in [0.25, 0.3) is 0 Å². The minimum Gasteiger partial charge on any atom is -0.398 e. The Labute approximate surface area is 84.7 Å². The van der Waals surface area contributed by atoms with Gasteiger partial charge in [0.15, 0.2) is 0 Å². The molecule has 0 saturated heterocycles. The van der Waals surface area contributed by atoms with E-state index in [0.717, 1.165) is 11.3 Å². The molecule has 1 aliphatic carbocycles. The summed E-state index contributed by atoms with van der Waals surface area (Å²) in [4.78, 5) is 4.14. The van der Waals surface area contributed by atoms with Crippen LogP contribution in [0.1, 0.15) is 31.4 Å². The predicted octanol–water partition coefficient (Wildman–Crippen LogP) is 1.72. The van der Waals surface area contributed by atoms with Crippen molar-refractivity contribution < 1.29 is 0 Å². The van der Waals surface area contributed by atoms with Crippen molar-refractivity contribution in [3.63, 3.8) is 0 Å². The van der Waals surface area contributed by atoms with E-state index >= 15 is 0 Å². The minimum atomic E-state index is 0.344. The normalized spacial score (nSPS) is 20.4. The fourth-order valence-electron chi connectivity index (χ4n) is 2.02. The lowest BCUT2D eigenvalue weighted by Gasteiger charge is -2.24. The molecule has 0 bridgehead atoms. The van der Waals surface area contributed by atoms with Gasteiger partial charge < -0.3 is 11.1 Å². The van der Waals surface area contributed by atoms with Crippen molar-refractivity contribution in [2.24, 2.45) is 5.41 Å². The van der Waals surface area contributed by atoms with Crippen LogP contribution in [0.15, 0.2) is 18.5 Å². The van der Waals surface area contributed by atoms with Crippen LogP contribution >= 0.6 is 0 Å². The summed E-state index contributed by atoms with van der Waals surface area (Å²) >= 11 is 0. The van der Waals surface area contributed by atoms with Crippen LogP contribution in [0.3, 0.4) is 0 Å². The Hall–Kier alpha value is -1.09. The Morgan fingerprint density at radius 3 is 2.79 bits per heavy atom. The average Bonchev–Trinajstić information content (AvgIpc) is 2.89. The SMILES string of the molecule is CNC(c1cnccc1N)C1(C)CC1. The molecule has 1 aromatic rings. The van der Waals surface area contributed by atoms with Gasteiger partial charge in [-0.05, 0) is 31.4 Å². The third-order valence-electron chi connectivity index (χ3n) is 3.22. The lowest BCUT2D eigenvalue weighted by molar-refractivity contribution is 0.391. The van der Waals surface area contributed by atoms with Crippen molar-refractivity contribution in [3.05, 3.63) is 24.0 Å². The number of anilines is 1. The molecule has 3 heteroatoms. The van der Waals surface area contributed by atoms with E-state index in [9.17, 15) is 0 Å². The number of nitrogen functional groups attached to an aromatic ring is 1. The van der Waals surface area contributed by atoms with Crippen molar-refractivity contribution in [1.29, 1.82) is 0 Å². The molecule has 0 aliphatic heterocycles. The maximum atomic E-state index is 5.94. The molecule has 1 saturated carbocycles. The maximum Gasteiger partial charge on any atom is 0.0408 e. The minimum absolute atomic E-state index is 0.344. The number of hydrogen-bond donors (Lipinski definition) is 2. The van der Waals surface area contributed by atoms with Gasteiger partial charge in [-0.3, -0.25) is 4.98 Å². The molecule has 3 nitrogen and oxygen atoms in total. The first-order valence-corrected chi connectivity index (χ1v) is 5.04. The summed E-state index contributed by atoms with van der Waals surface area (Å²) in [6.07, 6.45) is 6.15. The van der Waals surface area contributed by atoms with Crippen LogP contribution in [-0.4, -0.2) is 12.0 Å². The van der Waals surface area contributed by atoms with Gasteiger partial charge in [0.2, 0.25) is 0 Å². The summed E-state index contributed by atoms with van der Waals surface area (Å²) in [5, 5.41) is 3.34. The molecule has 1 aliphatic rings. The number of nitrogens with two attached hydrogens (primary N) is 1. The summed E-state index contributed by atoms with van der Waals surface area (Å²) in [5.41, 5.74) is 8.30. The summed E-state index contributed by atoms with van der Waals surface area (Å²) in [6, 6.07) is 2.21. The van der Waals surface area contributed by atoms with Gasteiger partial charge in [-0.1, -0.05) is 6.92 Å². The Kier molecular flexibility index (Phi) is 2.19. The molecular weight excluding hydrogens is 174 g/mol. The summed E-state index contributed by atoms with van der Waals surface area (Å²) in [6.45, 7) is 2.29. The van der Waals surface area contributed by atoms with E-state index in [1.165, 1.54) is 12.8 Å².